The molecule has 7 heteroatoms. The van der Waals surface area contributed by atoms with E-state index < -0.39 is 30.1 Å². The van der Waals surface area contributed by atoms with Crippen molar-refractivity contribution >= 4 is 5.78 Å². The van der Waals surface area contributed by atoms with Gasteiger partial charge in [-0.2, -0.15) is 0 Å². The van der Waals surface area contributed by atoms with Crippen molar-refractivity contribution in [2.45, 2.75) is 92.1 Å². The summed E-state index contributed by atoms with van der Waals surface area (Å²) < 4.78 is 37.2. The molecule has 2 aliphatic rings. The minimum atomic E-state index is -1.30. The molecule has 0 aliphatic carbocycles. The topological polar surface area (TPSA) is 72.5 Å². The van der Waals surface area contributed by atoms with Crippen molar-refractivity contribution in [2.75, 3.05) is 19.8 Å². The largest absolute Gasteiger partial charge is 0.345 e. The summed E-state index contributed by atoms with van der Waals surface area (Å²) in [6, 6.07) is 9.78. The average Bonchev–Trinajstić information content (AvgIpc) is 2.72. The lowest BCUT2D eigenvalue weighted by atomic mass is 9.95. The van der Waals surface area contributed by atoms with Crippen LogP contribution in [-0.4, -0.2) is 55.7 Å². The van der Waals surface area contributed by atoms with Gasteiger partial charge < -0.3 is 28.4 Å². The van der Waals surface area contributed by atoms with E-state index in [1.807, 2.05) is 30.3 Å². The van der Waals surface area contributed by atoms with Crippen LogP contribution < -0.4 is 0 Å². The third kappa shape index (κ3) is 6.62. The summed E-state index contributed by atoms with van der Waals surface area (Å²) in [5.74, 6) is -2.80. The van der Waals surface area contributed by atoms with Crippen LogP contribution in [0.2, 0.25) is 0 Å². The molecule has 1 aromatic carbocycles. The first-order valence-corrected chi connectivity index (χ1v) is 11.6. The highest BCUT2D eigenvalue weighted by atomic mass is 16.8. The third-order valence-electron chi connectivity index (χ3n) is 5.63. The fourth-order valence-corrected chi connectivity index (χ4v) is 3.57. The molecule has 2 fully saturated rings. The zero-order valence-electron chi connectivity index (χ0n) is 21.3. The van der Waals surface area contributed by atoms with Gasteiger partial charge in [-0.05, 0) is 30.2 Å². The van der Waals surface area contributed by atoms with Crippen LogP contribution in [0.5, 0.6) is 0 Å². The Balaban J connectivity index is 1.84. The van der Waals surface area contributed by atoms with E-state index in [1.165, 1.54) is 0 Å². The molecule has 33 heavy (non-hydrogen) atoms. The van der Waals surface area contributed by atoms with Crippen molar-refractivity contribution in [3.63, 3.8) is 0 Å². The first-order chi connectivity index (χ1) is 15.2. The summed E-state index contributed by atoms with van der Waals surface area (Å²) in [7, 11) is 0. The van der Waals surface area contributed by atoms with E-state index in [-0.39, 0.29) is 23.2 Å². The van der Waals surface area contributed by atoms with Gasteiger partial charge in [0.1, 0.15) is 12.7 Å². The monoisotopic (exact) mass is 464 g/mol. The Morgan fingerprint density at radius 2 is 1.45 bits per heavy atom. The van der Waals surface area contributed by atoms with Crippen LogP contribution in [0, 0.1) is 10.8 Å². The smallest absolute Gasteiger partial charge is 0.221 e. The highest BCUT2D eigenvalue weighted by molar-refractivity contribution is 5.85. The lowest BCUT2D eigenvalue weighted by molar-refractivity contribution is -0.473. The second kappa shape index (κ2) is 9.72. The molecule has 0 radical (unpaired) electrons. The number of hydrogen-bond donors (Lipinski definition) is 0. The Labute approximate surface area is 198 Å². The zero-order chi connectivity index (χ0) is 24.5. The number of fused-ring (bicyclic) bond motifs is 1. The maximum atomic E-state index is 12.8. The van der Waals surface area contributed by atoms with Crippen molar-refractivity contribution in [2.24, 2.45) is 10.8 Å². The molecule has 0 unspecified atom stereocenters. The molecule has 3 rings (SSSR count). The maximum absolute atomic E-state index is 12.8. The van der Waals surface area contributed by atoms with E-state index in [9.17, 15) is 4.79 Å². The van der Waals surface area contributed by atoms with Gasteiger partial charge in [-0.15, -0.1) is 0 Å². The van der Waals surface area contributed by atoms with Crippen LogP contribution in [0.1, 0.15) is 61.0 Å². The normalized spacial score (nSPS) is 33.1. The number of carbonyl (C=O) groups excluding carboxylic acids is 1. The first kappa shape index (κ1) is 26.3. The van der Waals surface area contributed by atoms with Gasteiger partial charge in [0.15, 0.2) is 18.2 Å². The number of ether oxygens (including phenoxy) is 6. The highest BCUT2D eigenvalue weighted by Crippen LogP contribution is 2.44. The van der Waals surface area contributed by atoms with E-state index in [2.05, 4.69) is 41.5 Å². The van der Waals surface area contributed by atoms with Crippen molar-refractivity contribution in [1.82, 2.24) is 0 Å². The number of benzene rings is 1. The molecule has 7 nitrogen and oxygen atoms in total. The standard InChI is InChI=1S/C26H40O7/c1-23(2,3)16-30-25(7)26(8,31-17-24(4,5)6)33-21-20(32-25)19(27)15-29-22(21)28-14-18-12-10-9-11-13-18/h9-13,20-22H,14-17H2,1-8H3/t20-,21+,22-,25+,26+/m0/s1. The number of ketones is 1. The fraction of sp³-hybridized carbons (Fsp3) is 0.731. The zero-order valence-corrected chi connectivity index (χ0v) is 21.3. The summed E-state index contributed by atoms with van der Waals surface area (Å²) in [6.07, 6.45) is -2.44. The molecule has 186 valence electrons. The summed E-state index contributed by atoms with van der Waals surface area (Å²) >= 11 is 0. The number of rotatable bonds is 7. The molecule has 5 atom stereocenters. The lowest BCUT2D eigenvalue weighted by Gasteiger charge is -2.55. The number of carbonyl (C=O) groups is 1. The molecule has 0 spiro atoms. The number of Topliss-reactive ketones (excluding diaryl/α,β-unsaturated/α-hetero) is 1. The van der Waals surface area contributed by atoms with Crippen LogP contribution in [0.3, 0.4) is 0 Å². The fourth-order valence-electron chi connectivity index (χ4n) is 3.57. The van der Waals surface area contributed by atoms with Crippen LogP contribution in [-0.2, 0) is 39.8 Å². The first-order valence-electron chi connectivity index (χ1n) is 11.6. The van der Waals surface area contributed by atoms with Gasteiger partial charge in [0.05, 0.1) is 19.8 Å². The second-order valence-corrected chi connectivity index (χ2v) is 11.7. The van der Waals surface area contributed by atoms with Crippen LogP contribution in [0.25, 0.3) is 0 Å². The Kier molecular flexibility index (Phi) is 7.73. The SMILES string of the molecule is CC(C)(C)CO[C@]1(C)O[C@H]2[C@@H](OCc3ccccc3)OCC(=O)[C@@H]2O[C@@]1(C)OCC(C)(C)C. The molecule has 0 amide bonds. The molecule has 1 aromatic rings. The summed E-state index contributed by atoms with van der Waals surface area (Å²) in [5, 5.41) is 0. The average molecular weight is 465 g/mol. The van der Waals surface area contributed by atoms with Gasteiger partial charge in [0, 0.05) is 0 Å². The van der Waals surface area contributed by atoms with Crippen molar-refractivity contribution in [3.8, 4) is 0 Å². The van der Waals surface area contributed by atoms with Crippen LogP contribution >= 0.6 is 0 Å². The Hall–Kier alpha value is -1.35. The van der Waals surface area contributed by atoms with E-state index in [4.69, 9.17) is 28.4 Å². The van der Waals surface area contributed by atoms with E-state index in [1.54, 1.807) is 13.8 Å². The van der Waals surface area contributed by atoms with E-state index in [0.29, 0.717) is 19.8 Å². The Bertz CT molecular complexity index is 797. The molecule has 2 aliphatic heterocycles. The van der Waals surface area contributed by atoms with Gasteiger partial charge in [0.25, 0.3) is 0 Å². The van der Waals surface area contributed by atoms with E-state index >= 15 is 0 Å². The summed E-state index contributed by atoms with van der Waals surface area (Å²) in [5.41, 5.74) is 0.766. The lowest BCUT2D eigenvalue weighted by Crippen LogP contribution is -2.71. The Morgan fingerprint density at radius 3 is 2.00 bits per heavy atom. The molecule has 0 aromatic heterocycles. The predicted molar refractivity (Wildman–Crippen MR) is 123 cm³/mol. The highest BCUT2D eigenvalue weighted by Gasteiger charge is 2.62. The molecule has 0 bridgehead atoms. The maximum Gasteiger partial charge on any atom is 0.221 e. The van der Waals surface area contributed by atoms with Crippen LogP contribution in [0.15, 0.2) is 30.3 Å². The van der Waals surface area contributed by atoms with Crippen molar-refractivity contribution < 1.29 is 33.2 Å². The minimum absolute atomic E-state index is 0.112. The predicted octanol–water partition coefficient (Wildman–Crippen LogP) is 4.47. The second-order valence-electron chi connectivity index (χ2n) is 11.7. The van der Waals surface area contributed by atoms with Crippen molar-refractivity contribution in [3.05, 3.63) is 35.9 Å². The molecular formula is C26H40O7. The summed E-state index contributed by atoms with van der Waals surface area (Å²) in [4.78, 5) is 12.8. The van der Waals surface area contributed by atoms with Gasteiger partial charge in [-0.1, -0.05) is 71.9 Å². The van der Waals surface area contributed by atoms with Gasteiger partial charge in [0.2, 0.25) is 11.6 Å². The van der Waals surface area contributed by atoms with Gasteiger partial charge in [-0.3, -0.25) is 4.79 Å². The minimum Gasteiger partial charge on any atom is -0.345 e. The van der Waals surface area contributed by atoms with E-state index in [0.717, 1.165) is 5.56 Å². The summed E-state index contributed by atoms with van der Waals surface area (Å²) in [6.45, 7) is 17.0. The van der Waals surface area contributed by atoms with Gasteiger partial charge >= 0.3 is 0 Å². The third-order valence-corrected chi connectivity index (χ3v) is 5.63. The molecule has 0 saturated carbocycles. The van der Waals surface area contributed by atoms with Crippen LogP contribution in [0.4, 0.5) is 0 Å². The molecule has 2 saturated heterocycles. The van der Waals surface area contributed by atoms with Gasteiger partial charge in [-0.25, -0.2) is 0 Å². The Morgan fingerprint density at radius 1 is 0.909 bits per heavy atom. The molecule has 2 heterocycles. The van der Waals surface area contributed by atoms with Crippen molar-refractivity contribution in [1.29, 1.82) is 0 Å². The quantitative estimate of drug-likeness (QED) is 0.589. The number of hydrogen-bond acceptors (Lipinski definition) is 7. The molecular weight excluding hydrogens is 424 g/mol. The molecule has 0 N–H and O–H groups in total.